The van der Waals surface area contributed by atoms with Crippen molar-refractivity contribution in [2.24, 2.45) is 5.73 Å². The predicted molar refractivity (Wildman–Crippen MR) is 110 cm³/mol. The normalized spacial score (nSPS) is 11.1. The SMILES string of the molecule is CC(C)Oc1cc2c(C(=O)OC(N)=O)c(-c3ccc(F)cc3)oc2cc1-c1cn[nH]c1. The summed E-state index contributed by atoms with van der Waals surface area (Å²) in [5.41, 5.74) is 7.21. The van der Waals surface area contributed by atoms with Gasteiger partial charge < -0.3 is 19.6 Å². The van der Waals surface area contributed by atoms with E-state index in [1.807, 2.05) is 13.8 Å². The molecule has 0 spiro atoms. The van der Waals surface area contributed by atoms with E-state index in [9.17, 15) is 14.0 Å². The number of nitrogens with one attached hydrogen (secondary N) is 1. The Morgan fingerprint density at radius 3 is 2.52 bits per heavy atom. The minimum Gasteiger partial charge on any atom is -0.490 e. The average molecular weight is 423 g/mol. The maximum Gasteiger partial charge on any atom is 0.412 e. The van der Waals surface area contributed by atoms with Crippen molar-refractivity contribution in [2.75, 3.05) is 0 Å². The van der Waals surface area contributed by atoms with E-state index in [1.54, 1.807) is 24.5 Å². The third-order valence-corrected chi connectivity index (χ3v) is 4.47. The number of hydrogen-bond donors (Lipinski definition) is 2. The summed E-state index contributed by atoms with van der Waals surface area (Å²) in [6.45, 7) is 3.73. The molecular weight excluding hydrogens is 405 g/mol. The minimum absolute atomic E-state index is 0.0206. The van der Waals surface area contributed by atoms with E-state index >= 15 is 0 Å². The summed E-state index contributed by atoms with van der Waals surface area (Å²) in [5.74, 6) is -0.849. The van der Waals surface area contributed by atoms with E-state index in [-0.39, 0.29) is 17.4 Å². The number of aromatic amines is 1. The molecule has 0 aliphatic rings. The van der Waals surface area contributed by atoms with Crippen molar-refractivity contribution in [1.29, 1.82) is 0 Å². The number of fused-ring (bicyclic) bond motifs is 1. The molecule has 4 aromatic rings. The fraction of sp³-hybridized carbons (Fsp3) is 0.136. The van der Waals surface area contributed by atoms with Crippen LogP contribution >= 0.6 is 0 Å². The summed E-state index contributed by atoms with van der Waals surface area (Å²) in [7, 11) is 0. The zero-order chi connectivity index (χ0) is 22.1. The number of primary amides is 1. The summed E-state index contributed by atoms with van der Waals surface area (Å²) < 4.78 is 29.9. The smallest absolute Gasteiger partial charge is 0.412 e. The number of carbonyl (C=O) groups excluding carboxylic acids is 2. The van der Waals surface area contributed by atoms with Gasteiger partial charge >= 0.3 is 12.1 Å². The number of amides is 1. The second-order valence-corrected chi connectivity index (χ2v) is 7.02. The molecule has 0 aliphatic heterocycles. The summed E-state index contributed by atoms with van der Waals surface area (Å²) in [5, 5.41) is 7.07. The summed E-state index contributed by atoms with van der Waals surface area (Å²) >= 11 is 0. The van der Waals surface area contributed by atoms with Crippen LogP contribution < -0.4 is 10.5 Å². The summed E-state index contributed by atoms with van der Waals surface area (Å²) in [4.78, 5) is 23.9. The number of hydrogen-bond acceptors (Lipinski definition) is 6. The van der Waals surface area contributed by atoms with Gasteiger partial charge in [-0.3, -0.25) is 5.10 Å². The number of aromatic nitrogens is 2. The Morgan fingerprint density at radius 1 is 1.16 bits per heavy atom. The van der Waals surface area contributed by atoms with Crippen LogP contribution in [0.3, 0.4) is 0 Å². The lowest BCUT2D eigenvalue weighted by Gasteiger charge is -2.13. The molecule has 0 saturated carbocycles. The first-order valence-electron chi connectivity index (χ1n) is 9.37. The van der Waals surface area contributed by atoms with Crippen LogP contribution in [0.25, 0.3) is 33.4 Å². The average Bonchev–Trinajstić information content (AvgIpc) is 3.34. The molecule has 158 valence electrons. The van der Waals surface area contributed by atoms with Gasteiger partial charge in [0.25, 0.3) is 0 Å². The van der Waals surface area contributed by atoms with Gasteiger partial charge in [-0.2, -0.15) is 5.10 Å². The Morgan fingerprint density at radius 2 is 1.90 bits per heavy atom. The van der Waals surface area contributed by atoms with Gasteiger partial charge in [0, 0.05) is 28.3 Å². The minimum atomic E-state index is -1.25. The fourth-order valence-corrected chi connectivity index (χ4v) is 3.25. The Bertz CT molecular complexity index is 1260. The molecule has 0 saturated heterocycles. The Hall–Kier alpha value is -4.14. The van der Waals surface area contributed by atoms with Crippen LogP contribution in [0.4, 0.5) is 9.18 Å². The largest absolute Gasteiger partial charge is 0.490 e. The van der Waals surface area contributed by atoms with Gasteiger partial charge in [0.05, 0.1) is 12.3 Å². The predicted octanol–water partition coefficient (Wildman–Crippen LogP) is 4.65. The topological polar surface area (TPSA) is 120 Å². The first-order chi connectivity index (χ1) is 14.8. The van der Waals surface area contributed by atoms with Gasteiger partial charge in [-0.25, -0.2) is 14.0 Å². The highest BCUT2D eigenvalue weighted by molar-refractivity contribution is 6.12. The maximum atomic E-state index is 13.4. The first kappa shape index (κ1) is 20.1. The molecule has 0 atom stereocenters. The van der Waals surface area contributed by atoms with Crippen LogP contribution in [0.1, 0.15) is 24.2 Å². The van der Waals surface area contributed by atoms with E-state index in [1.165, 1.54) is 24.3 Å². The van der Waals surface area contributed by atoms with Gasteiger partial charge in [-0.1, -0.05) is 0 Å². The van der Waals surface area contributed by atoms with E-state index in [0.717, 1.165) is 5.56 Å². The highest BCUT2D eigenvalue weighted by Crippen LogP contribution is 2.41. The number of carbonyl (C=O) groups is 2. The molecule has 0 bridgehead atoms. The van der Waals surface area contributed by atoms with Crippen LogP contribution in [0, 0.1) is 5.82 Å². The van der Waals surface area contributed by atoms with Crippen molar-refractivity contribution >= 4 is 23.0 Å². The van der Waals surface area contributed by atoms with E-state index in [4.69, 9.17) is 14.9 Å². The lowest BCUT2D eigenvalue weighted by atomic mass is 10.0. The Kier molecular flexibility index (Phi) is 5.16. The number of furan rings is 1. The molecule has 0 unspecified atom stereocenters. The highest BCUT2D eigenvalue weighted by atomic mass is 19.1. The molecule has 1 amide bonds. The molecule has 9 heteroatoms. The number of H-pyrrole nitrogens is 1. The Balaban J connectivity index is 1.99. The molecule has 8 nitrogen and oxygen atoms in total. The van der Waals surface area contributed by atoms with Crippen molar-refractivity contribution in [1.82, 2.24) is 10.2 Å². The van der Waals surface area contributed by atoms with Crippen LogP contribution in [0.5, 0.6) is 5.75 Å². The van der Waals surface area contributed by atoms with Crippen LogP contribution in [-0.4, -0.2) is 28.4 Å². The number of rotatable bonds is 5. The molecule has 31 heavy (non-hydrogen) atoms. The number of benzene rings is 2. The molecule has 2 aromatic carbocycles. The van der Waals surface area contributed by atoms with Gasteiger partial charge in [0.1, 0.15) is 28.5 Å². The third kappa shape index (κ3) is 3.97. The number of halogens is 1. The first-order valence-corrected chi connectivity index (χ1v) is 9.37. The quantitative estimate of drug-likeness (QED) is 0.356. The van der Waals surface area contributed by atoms with Crippen molar-refractivity contribution < 1.29 is 27.9 Å². The molecule has 3 N–H and O–H groups in total. The molecule has 4 rings (SSSR count). The zero-order valence-corrected chi connectivity index (χ0v) is 16.6. The van der Waals surface area contributed by atoms with Crippen molar-refractivity contribution in [3.05, 3.63) is 60.2 Å². The monoisotopic (exact) mass is 423 g/mol. The zero-order valence-electron chi connectivity index (χ0n) is 16.6. The molecule has 0 fully saturated rings. The fourth-order valence-electron chi connectivity index (χ4n) is 3.25. The van der Waals surface area contributed by atoms with E-state index in [2.05, 4.69) is 14.9 Å². The molecular formula is C22H18FN3O5. The van der Waals surface area contributed by atoms with E-state index < -0.39 is 17.9 Å². The summed E-state index contributed by atoms with van der Waals surface area (Å²) in [6.07, 6.45) is 1.91. The molecule has 0 aliphatic carbocycles. The van der Waals surface area contributed by atoms with E-state index in [0.29, 0.717) is 27.8 Å². The number of ether oxygens (including phenoxy) is 2. The van der Waals surface area contributed by atoms with Crippen LogP contribution in [-0.2, 0) is 4.74 Å². The highest BCUT2D eigenvalue weighted by Gasteiger charge is 2.27. The molecule has 2 aromatic heterocycles. The Labute approximate surface area is 175 Å². The second kappa shape index (κ2) is 7.94. The summed E-state index contributed by atoms with van der Waals surface area (Å²) in [6, 6.07) is 8.71. The number of nitrogens with zero attached hydrogens (tertiary/aromatic N) is 1. The standard InChI is InChI=1S/C22H18FN3O5/c1-11(2)29-17-8-16-18(7-15(17)13-9-25-26-10-13)30-20(12-3-5-14(23)6-4-12)19(16)21(27)31-22(24)28/h3-11H,1-2H3,(H2,24,28)(H,25,26). The van der Waals surface area contributed by atoms with Crippen molar-refractivity contribution in [3.8, 4) is 28.2 Å². The van der Waals surface area contributed by atoms with Crippen LogP contribution in [0.15, 0.2) is 53.2 Å². The second-order valence-electron chi connectivity index (χ2n) is 7.02. The number of esters is 1. The molecule has 0 radical (unpaired) electrons. The third-order valence-electron chi connectivity index (χ3n) is 4.47. The van der Waals surface area contributed by atoms with Gasteiger partial charge in [-0.15, -0.1) is 0 Å². The molecule has 2 heterocycles. The number of nitrogens with two attached hydrogens (primary N) is 1. The van der Waals surface area contributed by atoms with Gasteiger partial charge in [0.15, 0.2) is 0 Å². The van der Waals surface area contributed by atoms with Crippen molar-refractivity contribution in [3.63, 3.8) is 0 Å². The van der Waals surface area contributed by atoms with Crippen LogP contribution in [0.2, 0.25) is 0 Å². The van der Waals surface area contributed by atoms with Gasteiger partial charge in [0.2, 0.25) is 0 Å². The lowest BCUT2D eigenvalue weighted by molar-refractivity contribution is 0.0640. The van der Waals surface area contributed by atoms with Gasteiger partial charge in [-0.05, 0) is 50.2 Å². The lowest BCUT2D eigenvalue weighted by Crippen LogP contribution is -2.18. The maximum absolute atomic E-state index is 13.4. The van der Waals surface area contributed by atoms with Crippen molar-refractivity contribution in [2.45, 2.75) is 20.0 Å².